The van der Waals surface area contributed by atoms with Gasteiger partial charge in [-0.05, 0) is 47.2 Å². The summed E-state index contributed by atoms with van der Waals surface area (Å²) in [6.07, 6.45) is 3.44. The first-order valence-electron chi connectivity index (χ1n) is 5.53. The third-order valence-electron chi connectivity index (χ3n) is 2.49. The lowest BCUT2D eigenvalue weighted by Gasteiger charge is -2.07. The topological polar surface area (TPSA) is 59.8 Å². The fraction of sp³-hybridized carbons (Fsp3) is 0.250. The molecule has 0 radical (unpaired) electrons. The zero-order chi connectivity index (χ0) is 13.0. The maximum atomic E-state index is 11.7. The normalized spacial score (nSPS) is 10.3. The van der Waals surface area contributed by atoms with Crippen molar-refractivity contribution in [2.75, 3.05) is 5.32 Å². The highest BCUT2D eigenvalue weighted by atomic mass is 127. The van der Waals surface area contributed by atoms with E-state index in [4.69, 9.17) is 0 Å². The van der Waals surface area contributed by atoms with Crippen LogP contribution in [-0.4, -0.2) is 20.7 Å². The molecule has 18 heavy (non-hydrogen) atoms. The second-order valence-electron chi connectivity index (χ2n) is 3.92. The van der Waals surface area contributed by atoms with E-state index in [0.29, 0.717) is 13.0 Å². The molecule has 6 heteroatoms. The maximum absolute atomic E-state index is 11.7. The van der Waals surface area contributed by atoms with Gasteiger partial charge in [-0.3, -0.25) is 9.48 Å². The lowest BCUT2D eigenvalue weighted by atomic mass is 10.2. The third kappa shape index (κ3) is 3.52. The molecule has 0 atom stereocenters. The number of halogens is 1. The number of carbonyl (C=O) groups is 1. The molecular weight excluding hydrogens is 343 g/mol. The van der Waals surface area contributed by atoms with Crippen molar-refractivity contribution in [2.45, 2.75) is 19.9 Å². The summed E-state index contributed by atoms with van der Waals surface area (Å²) in [7, 11) is 0. The number of rotatable bonds is 4. The van der Waals surface area contributed by atoms with Gasteiger partial charge in [-0.1, -0.05) is 6.07 Å². The van der Waals surface area contributed by atoms with E-state index in [2.05, 4.69) is 38.0 Å². The van der Waals surface area contributed by atoms with E-state index in [1.807, 2.05) is 25.1 Å². The minimum Gasteiger partial charge on any atom is -0.326 e. The van der Waals surface area contributed by atoms with Crippen LogP contribution < -0.4 is 5.32 Å². The molecule has 0 spiro atoms. The molecule has 1 heterocycles. The first kappa shape index (κ1) is 13.0. The third-order valence-corrected chi connectivity index (χ3v) is 3.65. The van der Waals surface area contributed by atoms with Gasteiger partial charge in [0.25, 0.3) is 0 Å². The van der Waals surface area contributed by atoms with Crippen molar-refractivity contribution in [2.24, 2.45) is 0 Å². The molecule has 0 unspecified atom stereocenters. The molecule has 1 amide bonds. The van der Waals surface area contributed by atoms with Crippen LogP contribution in [-0.2, 0) is 11.3 Å². The van der Waals surface area contributed by atoms with Crippen LogP contribution in [0.1, 0.15) is 12.0 Å². The number of nitrogens with zero attached hydrogens (tertiary/aromatic N) is 3. The van der Waals surface area contributed by atoms with E-state index in [9.17, 15) is 4.79 Å². The molecule has 1 aromatic carbocycles. The Morgan fingerprint density at radius 3 is 3.00 bits per heavy atom. The van der Waals surface area contributed by atoms with Crippen molar-refractivity contribution in [1.29, 1.82) is 0 Å². The Bertz CT molecular complexity index is 539. The van der Waals surface area contributed by atoms with Crippen LogP contribution in [0.15, 0.2) is 30.9 Å². The zero-order valence-electron chi connectivity index (χ0n) is 9.93. The van der Waals surface area contributed by atoms with Crippen molar-refractivity contribution in [1.82, 2.24) is 14.8 Å². The van der Waals surface area contributed by atoms with Gasteiger partial charge in [-0.15, -0.1) is 0 Å². The fourth-order valence-corrected chi connectivity index (χ4v) is 1.97. The zero-order valence-corrected chi connectivity index (χ0v) is 12.1. The van der Waals surface area contributed by atoms with Crippen molar-refractivity contribution >= 4 is 34.2 Å². The summed E-state index contributed by atoms with van der Waals surface area (Å²) in [5.74, 6) is -0.0230. The van der Waals surface area contributed by atoms with Crippen molar-refractivity contribution < 1.29 is 4.79 Å². The highest BCUT2D eigenvalue weighted by molar-refractivity contribution is 14.1. The average molecular weight is 356 g/mol. The van der Waals surface area contributed by atoms with Gasteiger partial charge in [-0.2, -0.15) is 5.10 Å². The van der Waals surface area contributed by atoms with Crippen LogP contribution in [0, 0.1) is 10.5 Å². The summed E-state index contributed by atoms with van der Waals surface area (Å²) < 4.78 is 2.78. The Hall–Kier alpha value is -1.44. The van der Waals surface area contributed by atoms with Crippen molar-refractivity contribution in [3.63, 3.8) is 0 Å². The first-order valence-corrected chi connectivity index (χ1v) is 6.61. The number of anilines is 1. The van der Waals surface area contributed by atoms with E-state index in [1.165, 1.54) is 11.9 Å². The van der Waals surface area contributed by atoms with E-state index < -0.39 is 0 Å². The molecule has 0 aliphatic rings. The highest BCUT2D eigenvalue weighted by Crippen LogP contribution is 2.17. The Morgan fingerprint density at radius 1 is 1.50 bits per heavy atom. The number of aromatic nitrogens is 3. The average Bonchev–Trinajstić information content (AvgIpc) is 2.84. The number of nitrogens with one attached hydrogen (secondary N) is 1. The maximum Gasteiger partial charge on any atom is 0.226 e. The number of hydrogen-bond donors (Lipinski definition) is 1. The number of carbonyl (C=O) groups excluding carboxylic acids is 1. The molecule has 0 saturated carbocycles. The van der Waals surface area contributed by atoms with Crippen LogP contribution in [0.3, 0.4) is 0 Å². The molecule has 5 nitrogen and oxygen atoms in total. The summed E-state index contributed by atoms with van der Waals surface area (Å²) in [5.41, 5.74) is 2.03. The second kappa shape index (κ2) is 5.94. The fourth-order valence-electron chi connectivity index (χ4n) is 1.46. The molecule has 0 saturated heterocycles. The van der Waals surface area contributed by atoms with E-state index in [1.54, 1.807) is 11.0 Å². The minimum absolute atomic E-state index is 0.0230. The van der Waals surface area contributed by atoms with Gasteiger partial charge in [0.05, 0.1) is 6.54 Å². The predicted octanol–water partition coefficient (Wildman–Crippen LogP) is 2.22. The van der Waals surface area contributed by atoms with Gasteiger partial charge >= 0.3 is 0 Å². The number of amides is 1. The highest BCUT2D eigenvalue weighted by Gasteiger charge is 2.04. The molecule has 0 aliphatic carbocycles. The largest absolute Gasteiger partial charge is 0.326 e. The van der Waals surface area contributed by atoms with Crippen LogP contribution in [0.25, 0.3) is 0 Å². The Balaban J connectivity index is 1.88. The van der Waals surface area contributed by atoms with Crippen LogP contribution in [0.2, 0.25) is 0 Å². The predicted molar refractivity (Wildman–Crippen MR) is 77.2 cm³/mol. The lowest BCUT2D eigenvalue weighted by Crippen LogP contribution is -2.14. The van der Waals surface area contributed by atoms with Crippen molar-refractivity contribution in [3.8, 4) is 0 Å². The van der Waals surface area contributed by atoms with E-state index in [-0.39, 0.29) is 5.91 Å². The number of aryl methyl sites for hydroxylation is 2. The minimum atomic E-state index is -0.0230. The molecule has 0 fully saturated rings. The van der Waals surface area contributed by atoms with Gasteiger partial charge < -0.3 is 5.32 Å². The summed E-state index contributed by atoms with van der Waals surface area (Å²) in [5, 5.41) is 6.81. The van der Waals surface area contributed by atoms with Gasteiger partial charge in [0.2, 0.25) is 5.91 Å². The van der Waals surface area contributed by atoms with Crippen molar-refractivity contribution in [3.05, 3.63) is 40.0 Å². The van der Waals surface area contributed by atoms with Gasteiger partial charge in [0.15, 0.2) is 0 Å². The monoisotopic (exact) mass is 356 g/mol. The number of hydrogen-bond acceptors (Lipinski definition) is 3. The lowest BCUT2D eigenvalue weighted by molar-refractivity contribution is -0.116. The smallest absolute Gasteiger partial charge is 0.226 e. The molecule has 0 aliphatic heterocycles. The first-order chi connectivity index (χ1) is 8.65. The van der Waals surface area contributed by atoms with Crippen LogP contribution >= 0.6 is 22.6 Å². The van der Waals surface area contributed by atoms with Crippen LogP contribution in [0.5, 0.6) is 0 Å². The summed E-state index contributed by atoms with van der Waals surface area (Å²) in [6, 6.07) is 5.86. The van der Waals surface area contributed by atoms with E-state index >= 15 is 0 Å². The molecule has 0 bridgehead atoms. The van der Waals surface area contributed by atoms with Gasteiger partial charge in [0.1, 0.15) is 12.7 Å². The van der Waals surface area contributed by atoms with E-state index in [0.717, 1.165) is 9.26 Å². The quantitative estimate of drug-likeness (QED) is 0.855. The molecule has 2 rings (SSSR count). The summed E-state index contributed by atoms with van der Waals surface area (Å²) >= 11 is 2.25. The molecule has 2 aromatic rings. The molecule has 1 aromatic heterocycles. The Morgan fingerprint density at radius 2 is 2.33 bits per heavy atom. The SMILES string of the molecule is Cc1ccc(NC(=O)CCn2cncn2)cc1I. The Labute approximate surface area is 119 Å². The molecule has 1 N–H and O–H groups in total. The Kier molecular flexibility index (Phi) is 4.29. The standard InChI is InChI=1S/C12H13IN4O/c1-9-2-3-10(6-11(9)13)16-12(18)4-5-17-8-14-7-15-17/h2-3,6-8H,4-5H2,1H3,(H,16,18). The molecular formula is C12H13IN4O. The van der Waals surface area contributed by atoms with Gasteiger partial charge in [-0.25, -0.2) is 4.98 Å². The van der Waals surface area contributed by atoms with Gasteiger partial charge in [0, 0.05) is 15.7 Å². The summed E-state index contributed by atoms with van der Waals surface area (Å²) in [4.78, 5) is 15.6. The summed E-state index contributed by atoms with van der Waals surface area (Å²) in [6.45, 7) is 2.58. The number of benzene rings is 1. The molecule has 94 valence electrons. The van der Waals surface area contributed by atoms with Crippen LogP contribution in [0.4, 0.5) is 5.69 Å². The second-order valence-corrected chi connectivity index (χ2v) is 5.08.